The molecule has 0 atom stereocenters. The smallest absolute Gasteiger partial charge is 0.137 e. The first-order chi connectivity index (χ1) is 8.70. The third kappa shape index (κ3) is 3.12. The van der Waals surface area contributed by atoms with E-state index < -0.39 is 0 Å². The van der Waals surface area contributed by atoms with E-state index in [1.54, 1.807) is 12.1 Å². The van der Waals surface area contributed by atoms with Gasteiger partial charge >= 0.3 is 0 Å². The van der Waals surface area contributed by atoms with Gasteiger partial charge in [-0.1, -0.05) is 36.0 Å². The van der Waals surface area contributed by atoms with Gasteiger partial charge in [0.1, 0.15) is 5.82 Å². The quantitative estimate of drug-likeness (QED) is 0.906. The first-order valence-electron chi connectivity index (χ1n) is 5.92. The van der Waals surface area contributed by atoms with Crippen molar-refractivity contribution in [2.75, 3.05) is 6.54 Å². The van der Waals surface area contributed by atoms with Gasteiger partial charge in [-0.05, 0) is 49.2 Å². The fraction of sp³-hybridized carbons (Fsp3) is 0.200. The summed E-state index contributed by atoms with van der Waals surface area (Å²) in [6.07, 6.45) is 0.880. The lowest BCUT2D eigenvalue weighted by Crippen LogP contribution is -2.02. The molecule has 0 aliphatic heterocycles. The Morgan fingerprint density at radius 2 is 1.89 bits per heavy atom. The summed E-state index contributed by atoms with van der Waals surface area (Å²) < 4.78 is 13.6. The van der Waals surface area contributed by atoms with Crippen molar-refractivity contribution >= 4 is 11.8 Å². The van der Waals surface area contributed by atoms with Gasteiger partial charge in [0.05, 0.1) is 0 Å². The lowest BCUT2D eigenvalue weighted by molar-refractivity contribution is 0.602. The fourth-order valence-electron chi connectivity index (χ4n) is 1.79. The molecule has 0 fully saturated rings. The normalized spacial score (nSPS) is 10.6. The van der Waals surface area contributed by atoms with Gasteiger partial charge in [0, 0.05) is 9.79 Å². The molecule has 0 aromatic heterocycles. The van der Waals surface area contributed by atoms with Crippen molar-refractivity contribution in [3.8, 4) is 0 Å². The van der Waals surface area contributed by atoms with Gasteiger partial charge in [-0.15, -0.1) is 0 Å². The molecule has 0 aliphatic rings. The fourth-order valence-corrected chi connectivity index (χ4v) is 2.70. The van der Waals surface area contributed by atoms with Crippen LogP contribution < -0.4 is 5.73 Å². The minimum Gasteiger partial charge on any atom is -0.330 e. The van der Waals surface area contributed by atoms with Crippen LogP contribution >= 0.6 is 11.8 Å². The number of hydrogen-bond donors (Lipinski definition) is 1. The van der Waals surface area contributed by atoms with E-state index >= 15 is 0 Å². The molecular formula is C15H16FNS. The highest BCUT2D eigenvalue weighted by Gasteiger charge is 2.06. The van der Waals surface area contributed by atoms with E-state index in [0.29, 0.717) is 11.4 Å². The Balaban J connectivity index is 2.22. The predicted octanol–water partition coefficient (Wildman–Crippen LogP) is 3.79. The van der Waals surface area contributed by atoms with Crippen molar-refractivity contribution in [2.45, 2.75) is 23.1 Å². The van der Waals surface area contributed by atoms with Crippen LogP contribution in [-0.4, -0.2) is 6.54 Å². The van der Waals surface area contributed by atoms with Crippen molar-refractivity contribution < 1.29 is 4.39 Å². The van der Waals surface area contributed by atoms with E-state index in [1.165, 1.54) is 23.4 Å². The standard InChI is InChI=1S/C15H16FNS/c1-11-10-12(8-9-17)6-7-14(11)18-15-5-3-2-4-13(15)16/h2-7,10H,8-9,17H2,1H3. The molecule has 0 unspecified atom stereocenters. The highest BCUT2D eigenvalue weighted by Crippen LogP contribution is 2.32. The maximum Gasteiger partial charge on any atom is 0.137 e. The van der Waals surface area contributed by atoms with E-state index in [0.717, 1.165) is 16.9 Å². The average Bonchev–Trinajstić information content (AvgIpc) is 2.35. The van der Waals surface area contributed by atoms with E-state index in [9.17, 15) is 4.39 Å². The largest absolute Gasteiger partial charge is 0.330 e. The van der Waals surface area contributed by atoms with Gasteiger partial charge in [-0.25, -0.2) is 4.39 Å². The van der Waals surface area contributed by atoms with Crippen molar-refractivity contribution in [1.29, 1.82) is 0 Å². The molecule has 0 saturated heterocycles. The van der Waals surface area contributed by atoms with Gasteiger partial charge in [0.2, 0.25) is 0 Å². The zero-order valence-corrected chi connectivity index (χ0v) is 11.1. The number of rotatable bonds is 4. The van der Waals surface area contributed by atoms with Crippen LogP contribution in [0.15, 0.2) is 52.3 Å². The van der Waals surface area contributed by atoms with Crippen LogP contribution in [-0.2, 0) is 6.42 Å². The zero-order chi connectivity index (χ0) is 13.0. The predicted molar refractivity (Wildman–Crippen MR) is 74.5 cm³/mol. The molecule has 2 N–H and O–H groups in total. The van der Waals surface area contributed by atoms with E-state index in [-0.39, 0.29) is 5.82 Å². The summed E-state index contributed by atoms with van der Waals surface area (Å²) >= 11 is 1.46. The van der Waals surface area contributed by atoms with Crippen LogP contribution in [0, 0.1) is 12.7 Å². The summed E-state index contributed by atoms with van der Waals surface area (Å²) in [5, 5.41) is 0. The summed E-state index contributed by atoms with van der Waals surface area (Å²) in [4.78, 5) is 1.74. The Labute approximate surface area is 111 Å². The third-order valence-corrected chi connectivity index (χ3v) is 3.96. The molecule has 3 heteroatoms. The highest BCUT2D eigenvalue weighted by molar-refractivity contribution is 7.99. The Morgan fingerprint density at radius 1 is 1.11 bits per heavy atom. The molecule has 2 aromatic rings. The Bertz CT molecular complexity index is 540. The van der Waals surface area contributed by atoms with Gasteiger partial charge in [0.25, 0.3) is 0 Å². The first-order valence-corrected chi connectivity index (χ1v) is 6.74. The Hall–Kier alpha value is -1.32. The van der Waals surface area contributed by atoms with E-state index in [1.807, 2.05) is 19.1 Å². The molecule has 0 saturated carbocycles. The van der Waals surface area contributed by atoms with Crippen molar-refractivity contribution in [1.82, 2.24) is 0 Å². The number of benzene rings is 2. The van der Waals surface area contributed by atoms with Gasteiger partial charge in [-0.2, -0.15) is 0 Å². The second-order valence-electron chi connectivity index (χ2n) is 4.17. The van der Waals surface area contributed by atoms with E-state index in [2.05, 4.69) is 12.1 Å². The summed E-state index contributed by atoms with van der Waals surface area (Å²) in [6, 6.07) is 13.1. The van der Waals surface area contributed by atoms with Crippen LogP contribution in [0.5, 0.6) is 0 Å². The highest BCUT2D eigenvalue weighted by atomic mass is 32.2. The molecule has 0 amide bonds. The Morgan fingerprint density at radius 3 is 2.56 bits per heavy atom. The molecule has 0 heterocycles. The monoisotopic (exact) mass is 261 g/mol. The van der Waals surface area contributed by atoms with Gasteiger partial charge in [0.15, 0.2) is 0 Å². The second-order valence-corrected chi connectivity index (χ2v) is 5.25. The molecule has 2 rings (SSSR count). The van der Waals surface area contributed by atoms with Crippen LogP contribution in [0.1, 0.15) is 11.1 Å². The number of halogens is 1. The third-order valence-electron chi connectivity index (χ3n) is 2.73. The van der Waals surface area contributed by atoms with Gasteiger partial charge < -0.3 is 5.73 Å². The van der Waals surface area contributed by atoms with Crippen molar-refractivity contribution in [2.24, 2.45) is 5.73 Å². The molecule has 0 bridgehead atoms. The summed E-state index contributed by atoms with van der Waals surface area (Å²) in [7, 11) is 0. The van der Waals surface area contributed by atoms with Crippen LogP contribution in [0.4, 0.5) is 4.39 Å². The minimum atomic E-state index is -0.173. The van der Waals surface area contributed by atoms with Gasteiger partial charge in [-0.3, -0.25) is 0 Å². The number of nitrogens with two attached hydrogens (primary N) is 1. The molecule has 0 aliphatic carbocycles. The minimum absolute atomic E-state index is 0.173. The molecule has 0 radical (unpaired) electrons. The summed E-state index contributed by atoms with van der Waals surface area (Å²) in [5.74, 6) is -0.173. The van der Waals surface area contributed by atoms with Crippen LogP contribution in [0.25, 0.3) is 0 Å². The average molecular weight is 261 g/mol. The molecule has 94 valence electrons. The number of aryl methyl sites for hydroxylation is 1. The van der Waals surface area contributed by atoms with E-state index in [4.69, 9.17) is 5.73 Å². The van der Waals surface area contributed by atoms with Crippen LogP contribution in [0.3, 0.4) is 0 Å². The zero-order valence-electron chi connectivity index (χ0n) is 10.3. The summed E-state index contributed by atoms with van der Waals surface area (Å²) in [6.45, 7) is 2.70. The first kappa shape index (κ1) is 13.1. The molecular weight excluding hydrogens is 245 g/mol. The van der Waals surface area contributed by atoms with Crippen molar-refractivity contribution in [3.63, 3.8) is 0 Å². The van der Waals surface area contributed by atoms with Crippen molar-refractivity contribution in [3.05, 3.63) is 59.4 Å². The lowest BCUT2D eigenvalue weighted by atomic mass is 10.1. The topological polar surface area (TPSA) is 26.0 Å². The lowest BCUT2D eigenvalue weighted by Gasteiger charge is -2.08. The second kappa shape index (κ2) is 6.03. The molecule has 0 spiro atoms. The molecule has 2 aromatic carbocycles. The SMILES string of the molecule is Cc1cc(CCN)ccc1Sc1ccccc1F. The van der Waals surface area contributed by atoms with Crippen LogP contribution in [0.2, 0.25) is 0 Å². The molecule has 1 nitrogen and oxygen atoms in total. The number of hydrogen-bond acceptors (Lipinski definition) is 2. The maximum atomic E-state index is 13.6. The molecule has 18 heavy (non-hydrogen) atoms. The Kier molecular flexibility index (Phi) is 4.39. The summed E-state index contributed by atoms with van der Waals surface area (Å²) in [5.41, 5.74) is 7.93. The maximum absolute atomic E-state index is 13.6.